The maximum absolute atomic E-state index is 15.5. The van der Waals surface area contributed by atoms with Gasteiger partial charge in [0.2, 0.25) is 63.8 Å². The van der Waals surface area contributed by atoms with Crippen molar-refractivity contribution >= 4 is 6.08 Å². The highest BCUT2D eigenvalue weighted by Crippen LogP contribution is 2.44. The molecule has 8 aromatic rings. The fraction of sp³-hybridized carbons (Fsp3) is 0.107. The van der Waals surface area contributed by atoms with Crippen molar-refractivity contribution in [2.24, 2.45) is 0 Å². The molecule has 0 bridgehead atoms. The monoisotopic (exact) mass is 1140 g/mol. The van der Waals surface area contributed by atoms with E-state index in [-0.39, 0.29) is 16.7 Å². The van der Waals surface area contributed by atoms with Crippen LogP contribution in [0, 0.1) is 123 Å². The molecule has 0 fully saturated rings. The summed E-state index contributed by atoms with van der Waals surface area (Å²) in [6.07, 6.45) is -2.97. The zero-order chi connectivity index (χ0) is 58.7. The van der Waals surface area contributed by atoms with Gasteiger partial charge in [-0.1, -0.05) is 49.1 Å². The summed E-state index contributed by atoms with van der Waals surface area (Å²) in [6, 6.07) is 13.3. The van der Waals surface area contributed by atoms with Crippen LogP contribution in [-0.4, -0.2) is 7.11 Å². The summed E-state index contributed by atoms with van der Waals surface area (Å²) in [4.78, 5) is 0. The van der Waals surface area contributed by atoms with Crippen molar-refractivity contribution in [3.8, 4) is 40.2 Å². The SMILES string of the molecule is C=Cc1c(F)c(F)c(Oc2ccc(C(C)(c3ccc(Oc4c(F)c(F)c(Cc5c(F)c(F)c(C)c(F)c5F)c(F)c4F)cc3)c3ccc(Oc4c(F)c(F)c(Cc5c(F)c(F)c(OC)c(F)c5F)c(F)c4F)cc3)cc2)c(F)c1F. The second-order valence-corrected chi connectivity index (χ2v) is 17.3. The van der Waals surface area contributed by atoms with E-state index in [1.165, 1.54) is 43.3 Å². The average molecular weight is 1140 g/mol. The van der Waals surface area contributed by atoms with Gasteiger partial charge in [0.15, 0.2) is 75.6 Å². The number of halogens is 20. The number of rotatable bonds is 15. The van der Waals surface area contributed by atoms with E-state index in [0.29, 0.717) is 20.1 Å². The minimum atomic E-state index is -2.30. The lowest BCUT2D eigenvalue weighted by molar-refractivity contribution is 0.328. The maximum atomic E-state index is 15.5. The van der Waals surface area contributed by atoms with E-state index < -0.39 is 208 Å². The van der Waals surface area contributed by atoms with E-state index in [2.05, 4.69) is 11.3 Å². The van der Waals surface area contributed by atoms with Crippen LogP contribution >= 0.6 is 0 Å². The van der Waals surface area contributed by atoms with Crippen molar-refractivity contribution in [1.29, 1.82) is 0 Å². The highest BCUT2D eigenvalue weighted by molar-refractivity contribution is 5.55. The molecule has 0 N–H and O–H groups in total. The van der Waals surface area contributed by atoms with Gasteiger partial charge in [0.25, 0.3) is 0 Å². The van der Waals surface area contributed by atoms with Gasteiger partial charge < -0.3 is 18.9 Å². The molecule has 4 nitrogen and oxygen atoms in total. The highest BCUT2D eigenvalue weighted by Gasteiger charge is 2.36. The van der Waals surface area contributed by atoms with Gasteiger partial charge in [0.1, 0.15) is 17.2 Å². The number of hydrogen-bond donors (Lipinski definition) is 0. The van der Waals surface area contributed by atoms with Crippen LogP contribution in [0.4, 0.5) is 87.8 Å². The molecule has 0 aromatic heterocycles. The standard InChI is InChI=1S/C56H28F20O4/c1-5-27-34(59)46(71)53(47(72)35(27)60)78-24-12-6-21(7-13-24)56(3,22-8-14-25(15-9-22)79-54-48(73)40(65)30(41(66)49(54)74)18-28-36(61)32(57)20(2)33(58)37(28)62)23-10-16-26(17-11-23)80-55-50(75)42(67)31(43(68)51(55)76)19-29-38(63)44(69)52(77-4)45(70)39(29)64/h5-17H,1,18-19H2,2-4H3. The number of methoxy groups -OCH3 is 1. The lowest BCUT2D eigenvalue weighted by Gasteiger charge is -2.32. The molecular formula is C56H28F20O4. The van der Waals surface area contributed by atoms with Crippen LogP contribution in [0.5, 0.6) is 40.2 Å². The maximum Gasteiger partial charge on any atom is 0.205 e. The molecule has 1 unspecified atom stereocenters. The van der Waals surface area contributed by atoms with Crippen LogP contribution in [-0.2, 0) is 18.3 Å². The van der Waals surface area contributed by atoms with Gasteiger partial charge in [-0.05, 0) is 66.9 Å². The van der Waals surface area contributed by atoms with Crippen LogP contribution < -0.4 is 18.9 Å². The van der Waals surface area contributed by atoms with Crippen LogP contribution in [0.15, 0.2) is 79.4 Å². The number of benzene rings is 8. The summed E-state index contributed by atoms with van der Waals surface area (Å²) in [5.41, 5.74) is -10.1. The predicted molar refractivity (Wildman–Crippen MR) is 243 cm³/mol. The molecule has 80 heavy (non-hydrogen) atoms. The van der Waals surface area contributed by atoms with Crippen molar-refractivity contribution in [2.45, 2.75) is 32.1 Å². The molecule has 0 aliphatic heterocycles. The Morgan fingerprint density at radius 3 is 0.800 bits per heavy atom. The van der Waals surface area contributed by atoms with Gasteiger partial charge in [-0.25, -0.2) is 52.7 Å². The van der Waals surface area contributed by atoms with Crippen molar-refractivity contribution in [1.82, 2.24) is 0 Å². The van der Waals surface area contributed by atoms with Gasteiger partial charge in [-0.3, -0.25) is 0 Å². The lowest BCUT2D eigenvalue weighted by atomic mass is 9.71. The second kappa shape index (κ2) is 21.9. The van der Waals surface area contributed by atoms with E-state index in [1.807, 2.05) is 0 Å². The molecule has 0 aliphatic rings. The van der Waals surface area contributed by atoms with E-state index in [1.54, 1.807) is 0 Å². The van der Waals surface area contributed by atoms with Gasteiger partial charge in [0.05, 0.1) is 12.7 Å². The van der Waals surface area contributed by atoms with Gasteiger partial charge >= 0.3 is 0 Å². The first-order valence-corrected chi connectivity index (χ1v) is 22.4. The van der Waals surface area contributed by atoms with Crippen LogP contribution in [0.25, 0.3) is 6.08 Å². The molecule has 1 atom stereocenters. The predicted octanol–water partition coefficient (Wildman–Crippen LogP) is 17.3. The Labute approximate surface area is 437 Å². The Morgan fingerprint density at radius 1 is 0.338 bits per heavy atom. The van der Waals surface area contributed by atoms with E-state index in [9.17, 15) is 52.7 Å². The van der Waals surface area contributed by atoms with E-state index >= 15 is 35.1 Å². The van der Waals surface area contributed by atoms with Crippen LogP contribution in [0.3, 0.4) is 0 Å². The summed E-state index contributed by atoms with van der Waals surface area (Å²) in [6.45, 7) is 5.21. The van der Waals surface area contributed by atoms with Crippen molar-refractivity contribution in [3.05, 3.63) is 246 Å². The summed E-state index contributed by atoms with van der Waals surface area (Å²) in [5, 5.41) is 0. The van der Waals surface area contributed by atoms with Crippen LogP contribution in [0.1, 0.15) is 57.0 Å². The third-order valence-electron chi connectivity index (χ3n) is 12.8. The molecule has 0 spiro atoms. The molecule has 0 saturated heterocycles. The normalized spacial score (nSPS) is 12.2. The fourth-order valence-electron chi connectivity index (χ4n) is 8.41. The molecule has 0 amide bonds. The van der Waals surface area contributed by atoms with E-state index in [0.717, 1.165) is 36.4 Å². The summed E-state index contributed by atoms with van der Waals surface area (Å²) in [7, 11) is 0.642. The molecule has 8 rings (SSSR count). The first kappa shape index (κ1) is 57.5. The minimum absolute atomic E-state index is 0.128. The molecule has 0 heterocycles. The average Bonchev–Trinajstić information content (AvgIpc) is 3.45. The Morgan fingerprint density at radius 2 is 0.562 bits per heavy atom. The highest BCUT2D eigenvalue weighted by atomic mass is 19.2. The number of ether oxygens (including phenoxy) is 4. The largest absolute Gasteiger partial charge is 0.491 e. The smallest absolute Gasteiger partial charge is 0.205 e. The molecule has 24 heteroatoms. The van der Waals surface area contributed by atoms with Crippen molar-refractivity contribution in [3.63, 3.8) is 0 Å². The third-order valence-corrected chi connectivity index (χ3v) is 12.8. The first-order valence-electron chi connectivity index (χ1n) is 22.4. The topological polar surface area (TPSA) is 36.9 Å². The zero-order valence-corrected chi connectivity index (χ0v) is 40.3. The zero-order valence-electron chi connectivity index (χ0n) is 40.3. The summed E-state index contributed by atoms with van der Waals surface area (Å²) < 4.78 is 318. The first-order chi connectivity index (χ1) is 37.7. The molecule has 416 valence electrons. The second-order valence-electron chi connectivity index (χ2n) is 17.3. The van der Waals surface area contributed by atoms with Gasteiger partial charge in [-0.2, -0.15) is 35.1 Å². The Kier molecular flexibility index (Phi) is 15.7. The van der Waals surface area contributed by atoms with Crippen molar-refractivity contribution < 1.29 is 107 Å². The minimum Gasteiger partial charge on any atom is -0.491 e. The lowest BCUT2D eigenvalue weighted by Crippen LogP contribution is -2.25. The Hall–Kier alpha value is -8.70. The van der Waals surface area contributed by atoms with Crippen molar-refractivity contribution in [2.75, 3.05) is 7.11 Å². The molecule has 0 saturated carbocycles. The molecular weight excluding hydrogens is 1120 g/mol. The van der Waals surface area contributed by atoms with E-state index in [4.69, 9.17) is 14.2 Å². The van der Waals surface area contributed by atoms with Gasteiger partial charge in [-0.15, -0.1) is 0 Å². The van der Waals surface area contributed by atoms with Crippen LogP contribution in [0.2, 0.25) is 0 Å². The molecule has 0 radical (unpaired) electrons. The fourth-order valence-corrected chi connectivity index (χ4v) is 8.41. The quantitative estimate of drug-likeness (QED) is 0.0582. The molecule has 0 aliphatic carbocycles. The summed E-state index contributed by atoms with van der Waals surface area (Å²) >= 11 is 0. The Bertz CT molecular complexity index is 3690. The summed E-state index contributed by atoms with van der Waals surface area (Å²) in [5.74, 6) is -50.6. The van der Waals surface area contributed by atoms with Gasteiger partial charge in [0, 0.05) is 46.1 Å². The third kappa shape index (κ3) is 9.62. The number of hydrogen-bond acceptors (Lipinski definition) is 4. The Balaban J connectivity index is 1.14. The molecule has 8 aromatic carbocycles.